The summed E-state index contributed by atoms with van der Waals surface area (Å²) in [7, 11) is 0. The van der Waals surface area contributed by atoms with Crippen LogP contribution in [0.15, 0.2) is 36.7 Å². The number of nitrogens with zero attached hydrogens (tertiary/aromatic N) is 3. The summed E-state index contributed by atoms with van der Waals surface area (Å²) in [6, 6.07) is 7.24. The maximum absolute atomic E-state index is 12.5. The maximum Gasteiger partial charge on any atom is 0.223 e. The first-order chi connectivity index (χ1) is 13.4. The van der Waals surface area contributed by atoms with Crippen molar-refractivity contribution in [1.82, 2.24) is 19.9 Å². The van der Waals surface area contributed by atoms with Crippen LogP contribution in [0.1, 0.15) is 38.3 Å². The first-order valence-corrected chi connectivity index (χ1v) is 9.55. The van der Waals surface area contributed by atoms with Crippen molar-refractivity contribution in [3.63, 3.8) is 0 Å². The largest absolute Gasteiger partial charge is 0.485 e. The van der Waals surface area contributed by atoms with Gasteiger partial charge in [-0.15, -0.1) is 0 Å². The number of carbonyl (C=O) groups is 1. The molecule has 2 aliphatic rings. The number of fused-ring (bicyclic) bond motifs is 2. The molecule has 0 saturated carbocycles. The zero-order valence-electron chi connectivity index (χ0n) is 15.8. The minimum Gasteiger partial charge on any atom is -0.485 e. The van der Waals surface area contributed by atoms with E-state index in [0.29, 0.717) is 18.7 Å². The van der Waals surface area contributed by atoms with Crippen molar-refractivity contribution >= 4 is 16.9 Å². The third-order valence-corrected chi connectivity index (χ3v) is 5.72. The van der Waals surface area contributed by atoms with Crippen molar-refractivity contribution in [1.29, 1.82) is 0 Å². The monoisotopic (exact) mass is 378 g/mol. The summed E-state index contributed by atoms with van der Waals surface area (Å²) >= 11 is 0. The summed E-state index contributed by atoms with van der Waals surface area (Å²) in [6.45, 7) is 4.36. The number of nitrogens with one attached hydrogen (secondary N) is 1. The standard InChI is InChI=1S/C21H22N4O3/c1-21(2)19(27)18(25-9-3-4-17(25)26)13-10-12(5-6-16(13)28-21)20-23-14-7-8-22-11-15(14)24-20/h5-8,10-11,18-19,27H,3-4,9H2,1-2H3,(H,23,24)/t18-,19+/m1/s1. The third-order valence-electron chi connectivity index (χ3n) is 5.72. The Labute approximate surface area is 162 Å². The van der Waals surface area contributed by atoms with Crippen LogP contribution >= 0.6 is 0 Å². The van der Waals surface area contributed by atoms with Crippen LogP contribution in [0.25, 0.3) is 22.4 Å². The number of H-pyrrole nitrogens is 1. The zero-order valence-corrected chi connectivity index (χ0v) is 15.8. The number of aromatic amines is 1. The second kappa shape index (κ2) is 6.04. The number of imidazole rings is 1. The summed E-state index contributed by atoms with van der Waals surface area (Å²) in [5.74, 6) is 1.49. The molecule has 1 fully saturated rings. The first kappa shape index (κ1) is 17.2. The Morgan fingerprint density at radius 2 is 2.18 bits per heavy atom. The molecule has 5 rings (SSSR count). The van der Waals surface area contributed by atoms with E-state index in [0.717, 1.165) is 34.4 Å². The van der Waals surface area contributed by atoms with Crippen LogP contribution in [-0.4, -0.2) is 49.1 Å². The van der Waals surface area contributed by atoms with Crippen LogP contribution in [-0.2, 0) is 4.79 Å². The van der Waals surface area contributed by atoms with Gasteiger partial charge >= 0.3 is 0 Å². The fraction of sp³-hybridized carbons (Fsp3) is 0.381. The second-order valence-corrected chi connectivity index (χ2v) is 8.02. The van der Waals surface area contributed by atoms with Gasteiger partial charge in [0.2, 0.25) is 5.91 Å². The number of aromatic nitrogens is 3. The highest BCUT2D eigenvalue weighted by Crippen LogP contribution is 2.45. The molecule has 2 atom stereocenters. The summed E-state index contributed by atoms with van der Waals surface area (Å²) < 4.78 is 6.08. The molecule has 2 aromatic heterocycles. The van der Waals surface area contributed by atoms with E-state index in [1.165, 1.54) is 0 Å². The van der Waals surface area contributed by atoms with E-state index in [-0.39, 0.29) is 5.91 Å². The van der Waals surface area contributed by atoms with Gasteiger partial charge < -0.3 is 19.7 Å². The summed E-state index contributed by atoms with van der Waals surface area (Å²) in [4.78, 5) is 26.3. The number of aliphatic hydroxyl groups is 1. The molecule has 144 valence electrons. The van der Waals surface area contributed by atoms with Crippen molar-refractivity contribution in [2.24, 2.45) is 0 Å². The number of pyridine rings is 1. The van der Waals surface area contributed by atoms with Gasteiger partial charge in [-0.2, -0.15) is 0 Å². The lowest BCUT2D eigenvalue weighted by atomic mass is 9.85. The summed E-state index contributed by atoms with van der Waals surface area (Å²) in [5.41, 5.74) is 2.61. The minimum absolute atomic E-state index is 0.0768. The quantitative estimate of drug-likeness (QED) is 0.715. The molecule has 7 heteroatoms. The van der Waals surface area contributed by atoms with E-state index in [9.17, 15) is 9.90 Å². The van der Waals surface area contributed by atoms with Gasteiger partial charge in [0.05, 0.1) is 23.3 Å². The highest BCUT2D eigenvalue weighted by atomic mass is 16.5. The molecule has 0 radical (unpaired) electrons. The molecule has 2 N–H and O–H groups in total. The van der Waals surface area contributed by atoms with Crippen LogP contribution in [0.4, 0.5) is 0 Å². The van der Waals surface area contributed by atoms with Gasteiger partial charge in [-0.05, 0) is 44.5 Å². The molecule has 0 spiro atoms. The van der Waals surface area contributed by atoms with Gasteiger partial charge in [0.25, 0.3) is 0 Å². The van der Waals surface area contributed by atoms with Crippen molar-refractivity contribution in [2.75, 3.05) is 6.54 Å². The molecule has 2 aliphatic heterocycles. The number of ether oxygens (including phenoxy) is 1. The Morgan fingerprint density at radius 3 is 2.93 bits per heavy atom. The summed E-state index contributed by atoms with van der Waals surface area (Å²) in [5, 5.41) is 11.0. The Hall–Kier alpha value is -2.93. The zero-order chi connectivity index (χ0) is 19.5. The highest BCUT2D eigenvalue weighted by molar-refractivity contribution is 5.80. The molecular weight excluding hydrogens is 356 g/mol. The van der Waals surface area contributed by atoms with Crippen LogP contribution in [0.2, 0.25) is 0 Å². The average molecular weight is 378 g/mol. The Morgan fingerprint density at radius 1 is 1.32 bits per heavy atom. The van der Waals surface area contributed by atoms with Gasteiger partial charge in [0.15, 0.2) is 0 Å². The van der Waals surface area contributed by atoms with Crippen LogP contribution in [0.3, 0.4) is 0 Å². The lowest BCUT2D eigenvalue weighted by Gasteiger charge is -2.45. The van der Waals surface area contributed by atoms with Crippen LogP contribution in [0.5, 0.6) is 5.75 Å². The number of benzene rings is 1. The van der Waals surface area contributed by atoms with E-state index in [2.05, 4.69) is 15.0 Å². The highest BCUT2D eigenvalue weighted by Gasteiger charge is 2.47. The minimum atomic E-state index is -0.822. The Kier molecular flexibility index (Phi) is 3.71. The number of rotatable bonds is 2. The SMILES string of the molecule is CC1(C)Oc2ccc(-c3nc4ccncc4[nH]3)cc2[C@@H](N2CCCC2=O)[C@@H]1O. The van der Waals surface area contributed by atoms with Crippen LogP contribution < -0.4 is 4.74 Å². The fourth-order valence-corrected chi connectivity index (χ4v) is 4.21. The molecule has 0 aliphatic carbocycles. The summed E-state index contributed by atoms with van der Waals surface area (Å²) in [6.07, 6.45) is 3.97. The molecule has 7 nitrogen and oxygen atoms in total. The number of carbonyl (C=O) groups excluding carboxylic acids is 1. The molecule has 0 unspecified atom stereocenters. The molecule has 1 aromatic carbocycles. The second-order valence-electron chi connectivity index (χ2n) is 8.02. The van der Waals surface area contributed by atoms with Gasteiger partial charge in [-0.3, -0.25) is 9.78 Å². The molecule has 1 saturated heterocycles. The number of hydrogen-bond acceptors (Lipinski definition) is 5. The van der Waals surface area contributed by atoms with Crippen molar-refractivity contribution in [2.45, 2.75) is 44.4 Å². The Balaban J connectivity index is 1.63. The van der Waals surface area contributed by atoms with Crippen molar-refractivity contribution in [3.8, 4) is 17.1 Å². The molecule has 28 heavy (non-hydrogen) atoms. The smallest absolute Gasteiger partial charge is 0.223 e. The lowest BCUT2D eigenvalue weighted by Crippen LogP contribution is -2.53. The van der Waals surface area contributed by atoms with E-state index >= 15 is 0 Å². The molecule has 0 bridgehead atoms. The van der Waals surface area contributed by atoms with Crippen molar-refractivity contribution in [3.05, 3.63) is 42.2 Å². The lowest BCUT2D eigenvalue weighted by molar-refractivity contribution is -0.139. The third kappa shape index (κ3) is 2.57. The van der Waals surface area contributed by atoms with Crippen LogP contribution in [0, 0.1) is 0 Å². The van der Waals surface area contributed by atoms with E-state index < -0.39 is 17.7 Å². The molecule has 1 amide bonds. The maximum atomic E-state index is 12.5. The van der Waals surface area contributed by atoms with Crippen molar-refractivity contribution < 1.29 is 14.6 Å². The molecular formula is C21H22N4O3. The fourth-order valence-electron chi connectivity index (χ4n) is 4.21. The normalized spacial score (nSPS) is 23.7. The first-order valence-electron chi connectivity index (χ1n) is 9.55. The average Bonchev–Trinajstić information content (AvgIpc) is 3.28. The van der Waals surface area contributed by atoms with E-state index in [4.69, 9.17) is 4.74 Å². The number of amides is 1. The van der Waals surface area contributed by atoms with E-state index in [1.807, 2.05) is 38.1 Å². The van der Waals surface area contributed by atoms with E-state index in [1.54, 1.807) is 17.3 Å². The number of likely N-dealkylation sites (tertiary alicyclic amines) is 1. The topological polar surface area (TPSA) is 91.3 Å². The predicted octanol–water partition coefficient (Wildman–Crippen LogP) is 2.82. The predicted molar refractivity (Wildman–Crippen MR) is 104 cm³/mol. The van der Waals surface area contributed by atoms with Gasteiger partial charge in [0.1, 0.15) is 23.3 Å². The van der Waals surface area contributed by atoms with Gasteiger partial charge in [0, 0.05) is 30.3 Å². The number of hydrogen-bond donors (Lipinski definition) is 2. The number of aliphatic hydroxyl groups excluding tert-OH is 1. The Bertz CT molecular complexity index is 1040. The van der Waals surface area contributed by atoms with Gasteiger partial charge in [-0.25, -0.2) is 4.98 Å². The van der Waals surface area contributed by atoms with Gasteiger partial charge in [-0.1, -0.05) is 0 Å². The molecule has 3 aromatic rings. The molecule has 4 heterocycles.